The summed E-state index contributed by atoms with van der Waals surface area (Å²) in [6, 6.07) is 9.10. The van der Waals surface area contributed by atoms with E-state index >= 15 is 0 Å². The predicted molar refractivity (Wildman–Crippen MR) is 301 cm³/mol. The Morgan fingerprint density at radius 1 is 0.531 bits per heavy atom. The number of carboxylic acid groups (broad SMARTS) is 1. The molecule has 81 heavy (non-hydrogen) atoms. The highest BCUT2D eigenvalue weighted by Gasteiger charge is 2.48. The summed E-state index contributed by atoms with van der Waals surface area (Å²) in [6.45, 7) is 14.0. The fourth-order valence-corrected chi connectivity index (χ4v) is 10.3. The maximum atomic E-state index is 12.6. The summed E-state index contributed by atoms with van der Waals surface area (Å²) in [5.41, 5.74) is 2.63. The summed E-state index contributed by atoms with van der Waals surface area (Å²) in [5.74, 6) is -0.881. The number of unbranched alkanes of at least 4 members (excludes halogenated alkanes) is 2. The molecule has 0 aromatic heterocycles. The van der Waals surface area contributed by atoms with E-state index in [2.05, 4.69) is 9.48 Å². The van der Waals surface area contributed by atoms with Crippen LogP contribution in [0.15, 0.2) is 70.1 Å². The standard InChI is InChI=1S/C56H88N2O21S2/c1-55(17-21-70-28-30-74-36-38-78-42-40-76-34-32-72-26-24-68-4)48-44-46(80(61,62)63)13-15-50(48)57(19-8-6-7-12-54(59)60)52(55)10-9-11-53-56(2,49-45-47(81(64,65)66)14-16-51(49)58(53)20-23-67-3)18-22-71-29-31-75-37-39-79-43-41-77-35-33-73-27-25-69-5/h9-11,13-16,44-45H,6-8,12,17-43H2,1-5H3,(H2-,59,60,61,62,63,64,65,66)/p+1. The van der Waals surface area contributed by atoms with Gasteiger partial charge in [0.2, 0.25) is 5.69 Å². The van der Waals surface area contributed by atoms with Crippen LogP contribution < -0.4 is 4.90 Å². The van der Waals surface area contributed by atoms with E-state index in [0.29, 0.717) is 182 Å². The van der Waals surface area contributed by atoms with Crippen molar-refractivity contribution in [3.63, 3.8) is 0 Å². The Hall–Kier alpha value is -3.84. The largest absolute Gasteiger partial charge is 0.481 e. The summed E-state index contributed by atoms with van der Waals surface area (Å²) in [4.78, 5) is 13.0. The highest BCUT2D eigenvalue weighted by atomic mass is 32.2. The van der Waals surface area contributed by atoms with Crippen molar-refractivity contribution in [2.75, 3.05) is 191 Å². The normalized spacial score (nSPS) is 17.8. The Morgan fingerprint density at radius 2 is 0.938 bits per heavy atom. The molecule has 0 fully saturated rings. The second kappa shape index (κ2) is 38.2. The molecule has 0 saturated carbocycles. The Bertz CT molecular complexity index is 2470. The zero-order chi connectivity index (χ0) is 58.8. The molecule has 2 unspecified atom stereocenters. The minimum Gasteiger partial charge on any atom is -0.481 e. The average molecular weight is 1190 g/mol. The lowest BCUT2D eigenvalue weighted by Crippen LogP contribution is -2.33. The molecule has 0 spiro atoms. The first kappa shape index (κ1) is 69.7. The van der Waals surface area contributed by atoms with Gasteiger partial charge in [-0.15, -0.1) is 0 Å². The third-order valence-corrected chi connectivity index (χ3v) is 15.3. The molecule has 0 aliphatic carbocycles. The molecule has 2 atom stereocenters. The van der Waals surface area contributed by atoms with Gasteiger partial charge in [-0.1, -0.05) is 6.08 Å². The van der Waals surface area contributed by atoms with Gasteiger partial charge in [0.05, 0.1) is 154 Å². The fraction of sp³-hybridized carbons (Fsp3) is 0.679. The van der Waals surface area contributed by atoms with Gasteiger partial charge in [-0.3, -0.25) is 13.9 Å². The van der Waals surface area contributed by atoms with Gasteiger partial charge < -0.3 is 71.6 Å². The first-order valence-electron chi connectivity index (χ1n) is 27.5. The topological polar surface area (TPSA) is 272 Å². The van der Waals surface area contributed by atoms with Gasteiger partial charge in [0.25, 0.3) is 20.2 Å². The highest BCUT2D eigenvalue weighted by Crippen LogP contribution is 2.51. The molecule has 23 nitrogen and oxygen atoms in total. The lowest BCUT2D eigenvalue weighted by atomic mass is 9.76. The molecular formula is C56H89N2O21S2+. The summed E-state index contributed by atoms with van der Waals surface area (Å²) in [6.07, 6.45) is 8.36. The number of carboxylic acids is 1. The van der Waals surface area contributed by atoms with Gasteiger partial charge in [-0.05, 0) is 81.5 Å². The molecule has 0 bridgehead atoms. The molecule has 460 valence electrons. The molecule has 3 N–H and O–H groups in total. The third-order valence-electron chi connectivity index (χ3n) is 13.6. The van der Waals surface area contributed by atoms with Crippen molar-refractivity contribution in [1.29, 1.82) is 0 Å². The first-order chi connectivity index (χ1) is 39.0. The number of benzene rings is 2. The van der Waals surface area contributed by atoms with Gasteiger partial charge in [0.15, 0.2) is 5.71 Å². The number of aliphatic carboxylic acids is 1. The molecule has 0 saturated heterocycles. The number of allylic oxidation sites excluding steroid dienone is 4. The van der Waals surface area contributed by atoms with Crippen molar-refractivity contribution in [2.24, 2.45) is 0 Å². The number of ether oxygens (including phenoxy) is 13. The summed E-state index contributed by atoms with van der Waals surface area (Å²) >= 11 is 0. The maximum Gasteiger partial charge on any atom is 0.303 e. The van der Waals surface area contributed by atoms with Crippen LogP contribution in [0.5, 0.6) is 0 Å². The highest BCUT2D eigenvalue weighted by molar-refractivity contribution is 7.86. The number of methoxy groups -OCH3 is 3. The van der Waals surface area contributed by atoms with Crippen LogP contribution in [0.1, 0.15) is 63.5 Å². The Balaban J connectivity index is 1.53. The van der Waals surface area contributed by atoms with Crippen LogP contribution in [0.25, 0.3) is 0 Å². The summed E-state index contributed by atoms with van der Waals surface area (Å²) in [7, 11) is -4.35. The Morgan fingerprint density at radius 3 is 1.37 bits per heavy atom. The molecule has 0 radical (unpaired) electrons. The van der Waals surface area contributed by atoms with Gasteiger partial charge in [-0.2, -0.15) is 21.4 Å². The number of hydrogen-bond donors (Lipinski definition) is 3. The van der Waals surface area contributed by atoms with Crippen LogP contribution in [0.3, 0.4) is 0 Å². The Labute approximate surface area is 479 Å². The summed E-state index contributed by atoms with van der Waals surface area (Å²) < 4.78 is 145. The fourth-order valence-electron chi connectivity index (χ4n) is 9.33. The van der Waals surface area contributed by atoms with E-state index < -0.39 is 37.0 Å². The van der Waals surface area contributed by atoms with Crippen LogP contribution in [0, 0.1) is 0 Å². The SMILES string of the molecule is COCCOCCOCCOCCOCCOCCC1(C)C(/C=C/C=C2/N(CCOC)c3ccc(S(=O)(=O)O)cc3C2(C)CCOCCOCCOCCOCCOCCOC)=[N+](CCCCCC(=O)O)c2ccc(S(=O)(=O)O)cc21. The minimum absolute atomic E-state index is 0.0251. The third kappa shape index (κ3) is 24.0. The predicted octanol–water partition coefficient (Wildman–Crippen LogP) is 5.28. The lowest BCUT2D eigenvalue weighted by molar-refractivity contribution is -0.438. The molecule has 25 heteroatoms. The molecule has 2 aromatic rings. The van der Waals surface area contributed by atoms with Crippen LogP contribution in [0.2, 0.25) is 0 Å². The van der Waals surface area contributed by atoms with E-state index in [1.54, 1.807) is 33.5 Å². The van der Waals surface area contributed by atoms with Crippen molar-refractivity contribution >= 4 is 43.3 Å². The Kier molecular flexibility index (Phi) is 32.8. The quantitative estimate of drug-likeness (QED) is 0.0432. The van der Waals surface area contributed by atoms with E-state index in [1.165, 1.54) is 24.3 Å². The number of anilines is 1. The zero-order valence-corrected chi connectivity index (χ0v) is 49.7. The van der Waals surface area contributed by atoms with Gasteiger partial charge in [-0.25, -0.2) is 0 Å². The van der Waals surface area contributed by atoms with E-state index in [0.717, 1.165) is 22.8 Å². The molecule has 2 aliphatic heterocycles. The van der Waals surface area contributed by atoms with Gasteiger partial charge >= 0.3 is 5.97 Å². The minimum atomic E-state index is -4.60. The van der Waals surface area contributed by atoms with Gasteiger partial charge in [0, 0.05) is 88.4 Å². The number of fused-ring (bicyclic) bond motifs is 2. The lowest BCUT2D eigenvalue weighted by Gasteiger charge is -2.30. The molecule has 2 heterocycles. The number of nitrogens with zero attached hydrogens (tertiary/aromatic N) is 2. The second-order valence-electron chi connectivity index (χ2n) is 19.4. The monoisotopic (exact) mass is 1190 g/mol. The average Bonchev–Trinajstić information content (AvgIpc) is 4.08. The zero-order valence-electron chi connectivity index (χ0n) is 48.0. The van der Waals surface area contributed by atoms with Crippen molar-refractivity contribution in [2.45, 2.75) is 73.0 Å². The molecule has 2 aliphatic rings. The van der Waals surface area contributed by atoms with Crippen LogP contribution in [0.4, 0.5) is 11.4 Å². The molecule has 0 amide bonds. The van der Waals surface area contributed by atoms with E-state index in [-0.39, 0.29) is 42.6 Å². The van der Waals surface area contributed by atoms with Crippen molar-refractivity contribution in [1.82, 2.24) is 0 Å². The van der Waals surface area contributed by atoms with E-state index in [9.17, 15) is 35.8 Å². The number of carbonyl (C=O) groups is 1. The molecular weight excluding hydrogens is 1100 g/mol. The maximum absolute atomic E-state index is 12.6. The van der Waals surface area contributed by atoms with Crippen molar-refractivity contribution in [3.05, 3.63) is 71.5 Å². The number of hydrogen-bond acceptors (Lipinski definition) is 19. The smallest absolute Gasteiger partial charge is 0.303 e. The molecule has 2 aromatic carbocycles. The summed E-state index contributed by atoms with van der Waals surface area (Å²) in [5, 5.41) is 9.35. The number of rotatable bonds is 49. The van der Waals surface area contributed by atoms with Gasteiger partial charge in [0.1, 0.15) is 6.54 Å². The van der Waals surface area contributed by atoms with E-state index in [1.807, 2.05) is 32.1 Å². The second-order valence-corrected chi connectivity index (χ2v) is 22.2. The van der Waals surface area contributed by atoms with Crippen molar-refractivity contribution < 1.29 is 102 Å². The molecule has 4 rings (SSSR count). The van der Waals surface area contributed by atoms with Crippen LogP contribution in [-0.4, -0.2) is 234 Å². The van der Waals surface area contributed by atoms with Crippen LogP contribution >= 0.6 is 0 Å². The van der Waals surface area contributed by atoms with Crippen LogP contribution in [-0.2, 0) is 97.4 Å². The van der Waals surface area contributed by atoms with E-state index in [4.69, 9.17) is 61.6 Å². The van der Waals surface area contributed by atoms with Crippen molar-refractivity contribution in [3.8, 4) is 0 Å². The first-order valence-corrected chi connectivity index (χ1v) is 30.4.